The third-order valence-corrected chi connectivity index (χ3v) is 4.27. The molecule has 3 rings (SSSR count). The Morgan fingerprint density at radius 1 is 1.29 bits per heavy atom. The average molecular weight is 364 g/mol. The Morgan fingerprint density at radius 3 is 2.90 bits per heavy atom. The van der Waals surface area contributed by atoms with Crippen molar-refractivity contribution in [3.63, 3.8) is 0 Å². The lowest BCUT2D eigenvalue weighted by atomic mass is 10.2. The van der Waals surface area contributed by atoms with Crippen molar-refractivity contribution >= 4 is 33.2 Å². The van der Waals surface area contributed by atoms with E-state index in [1.54, 1.807) is 6.07 Å². The molecule has 0 saturated carbocycles. The van der Waals surface area contributed by atoms with E-state index in [2.05, 4.69) is 31.4 Å². The highest BCUT2D eigenvalue weighted by atomic mass is 79.9. The number of hydrogen-bond donors (Lipinski definition) is 1. The van der Waals surface area contributed by atoms with E-state index in [0.29, 0.717) is 17.3 Å². The molecule has 0 aliphatic carbocycles. The topological polar surface area (TPSA) is 68.0 Å². The zero-order valence-electron chi connectivity index (χ0n) is 10.7. The molecular formula is C14H10BrN3O2S. The fraction of sp³-hybridized carbons (Fsp3) is 0.0714. The zero-order valence-corrected chi connectivity index (χ0v) is 13.1. The molecular weight excluding hydrogens is 354 g/mol. The van der Waals surface area contributed by atoms with Crippen molar-refractivity contribution in [1.29, 1.82) is 0 Å². The number of nitrogens with zero attached hydrogens (tertiary/aromatic N) is 2. The van der Waals surface area contributed by atoms with E-state index in [9.17, 15) is 4.79 Å². The smallest absolute Gasteiger partial charge is 0.268 e. The molecule has 2 aromatic heterocycles. The summed E-state index contributed by atoms with van der Waals surface area (Å²) in [6, 6.07) is 11.0. The second kappa shape index (κ2) is 6.19. The fourth-order valence-electron chi connectivity index (χ4n) is 1.73. The molecule has 106 valence electrons. The molecule has 7 heteroatoms. The predicted molar refractivity (Wildman–Crippen MR) is 82.9 cm³/mol. The summed E-state index contributed by atoms with van der Waals surface area (Å²) in [5.41, 5.74) is 0.569. The van der Waals surface area contributed by atoms with Crippen molar-refractivity contribution in [2.45, 2.75) is 6.54 Å². The Labute approximate surface area is 133 Å². The first-order valence-corrected chi connectivity index (χ1v) is 7.80. The number of amides is 1. The van der Waals surface area contributed by atoms with Crippen LogP contribution in [0.1, 0.15) is 16.2 Å². The molecule has 1 N–H and O–H groups in total. The lowest BCUT2D eigenvalue weighted by Crippen LogP contribution is -2.23. The number of carbonyl (C=O) groups is 1. The summed E-state index contributed by atoms with van der Waals surface area (Å²) in [6.45, 7) is 0.217. The van der Waals surface area contributed by atoms with Gasteiger partial charge >= 0.3 is 0 Å². The third kappa shape index (κ3) is 3.20. The zero-order chi connectivity index (χ0) is 14.7. The molecule has 3 aromatic rings. The number of carbonyl (C=O) groups excluding carboxylic acids is 1. The van der Waals surface area contributed by atoms with Gasteiger partial charge in [-0.1, -0.05) is 23.4 Å². The summed E-state index contributed by atoms with van der Waals surface area (Å²) in [5, 5.41) is 8.56. The van der Waals surface area contributed by atoms with Crippen LogP contribution in [0.2, 0.25) is 0 Å². The summed E-state index contributed by atoms with van der Waals surface area (Å²) in [5.74, 6) is 0.721. The fourth-order valence-corrected chi connectivity index (χ4v) is 2.84. The van der Waals surface area contributed by atoms with E-state index in [-0.39, 0.29) is 12.5 Å². The van der Waals surface area contributed by atoms with Gasteiger partial charge in [0.05, 0.1) is 17.0 Å². The van der Waals surface area contributed by atoms with Crippen LogP contribution in [0.5, 0.6) is 0 Å². The Bertz CT molecular complexity index is 755. The molecule has 0 aliphatic rings. The predicted octanol–water partition coefficient (Wildman–Crippen LogP) is 3.49. The van der Waals surface area contributed by atoms with Gasteiger partial charge in [0.1, 0.15) is 0 Å². The minimum atomic E-state index is -0.190. The van der Waals surface area contributed by atoms with E-state index in [4.69, 9.17) is 4.52 Å². The molecule has 0 atom stereocenters. The Morgan fingerprint density at radius 2 is 2.14 bits per heavy atom. The average Bonchev–Trinajstić information content (AvgIpc) is 3.16. The standard InChI is InChI=1S/C14H10BrN3O2S/c15-10-5-2-1-4-9(10)13(19)16-8-12-17-14(20-18-12)11-6-3-7-21-11/h1-7H,8H2,(H,16,19). The molecule has 1 amide bonds. The van der Waals surface area contributed by atoms with Gasteiger partial charge in [-0.3, -0.25) is 4.79 Å². The lowest BCUT2D eigenvalue weighted by molar-refractivity contribution is 0.0949. The van der Waals surface area contributed by atoms with Crippen LogP contribution in [0.15, 0.2) is 50.8 Å². The number of rotatable bonds is 4. The quantitative estimate of drug-likeness (QED) is 0.770. The van der Waals surface area contributed by atoms with E-state index < -0.39 is 0 Å². The summed E-state index contributed by atoms with van der Waals surface area (Å²) >= 11 is 4.87. The SMILES string of the molecule is O=C(NCc1noc(-c2cccs2)n1)c1ccccc1Br. The van der Waals surface area contributed by atoms with Gasteiger partial charge in [0.15, 0.2) is 5.82 Å². The summed E-state index contributed by atoms with van der Waals surface area (Å²) < 4.78 is 5.90. The molecule has 2 heterocycles. The van der Waals surface area contributed by atoms with Crippen LogP contribution in [0, 0.1) is 0 Å². The van der Waals surface area contributed by atoms with E-state index in [1.165, 1.54) is 11.3 Å². The first kappa shape index (κ1) is 14.0. The molecule has 5 nitrogen and oxygen atoms in total. The van der Waals surface area contributed by atoms with Crippen molar-refractivity contribution in [2.75, 3.05) is 0 Å². The van der Waals surface area contributed by atoms with E-state index >= 15 is 0 Å². The monoisotopic (exact) mass is 363 g/mol. The van der Waals surface area contributed by atoms with Gasteiger partial charge in [0, 0.05) is 4.47 Å². The number of benzene rings is 1. The highest BCUT2D eigenvalue weighted by Gasteiger charge is 2.12. The largest absolute Gasteiger partial charge is 0.345 e. The number of thiophene rings is 1. The van der Waals surface area contributed by atoms with Gasteiger partial charge < -0.3 is 9.84 Å². The van der Waals surface area contributed by atoms with E-state index in [1.807, 2.05) is 35.7 Å². The minimum absolute atomic E-state index is 0.190. The number of hydrogen-bond acceptors (Lipinski definition) is 5. The highest BCUT2D eigenvalue weighted by molar-refractivity contribution is 9.10. The summed E-state index contributed by atoms with van der Waals surface area (Å²) in [6.07, 6.45) is 0. The molecule has 0 aliphatic heterocycles. The second-order valence-corrected chi connectivity index (χ2v) is 5.96. The Balaban J connectivity index is 1.66. The van der Waals surface area contributed by atoms with Crippen LogP contribution in [0.4, 0.5) is 0 Å². The number of halogens is 1. The van der Waals surface area contributed by atoms with Crippen LogP contribution in [-0.2, 0) is 6.54 Å². The van der Waals surface area contributed by atoms with Crippen molar-refractivity contribution in [3.8, 4) is 10.8 Å². The molecule has 0 radical (unpaired) electrons. The second-order valence-electron chi connectivity index (χ2n) is 4.16. The number of aromatic nitrogens is 2. The molecule has 0 saturated heterocycles. The maximum Gasteiger partial charge on any atom is 0.268 e. The molecule has 21 heavy (non-hydrogen) atoms. The maximum atomic E-state index is 12.0. The van der Waals surface area contributed by atoms with Gasteiger partial charge in [-0.25, -0.2) is 0 Å². The molecule has 0 spiro atoms. The van der Waals surface area contributed by atoms with Gasteiger partial charge in [-0.05, 0) is 39.5 Å². The highest BCUT2D eigenvalue weighted by Crippen LogP contribution is 2.22. The van der Waals surface area contributed by atoms with Crippen LogP contribution in [-0.4, -0.2) is 16.0 Å². The third-order valence-electron chi connectivity index (χ3n) is 2.73. The first-order valence-electron chi connectivity index (χ1n) is 6.13. The van der Waals surface area contributed by atoms with Crippen LogP contribution >= 0.6 is 27.3 Å². The van der Waals surface area contributed by atoms with Crippen LogP contribution < -0.4 is 5.32 Å². The Kier molecular flexibility index (Phi) is 4.12. The normalized spacial score (nSPS) is 10.5. The van der Waals surface area contributed by atoms with Gasteiger partial charge in [-0.2, -0.15) is 4.98 Å². The van der Waals surface area contributed by atoms with Crippen LogP contribution in [0.3, 0.4) is 0 Å². The van der Waals surface area contributed by atoms with Crippen molar-refractivity contribution < 1.29 is 9.32 Å². The molecule has 0 unspecified atom stereocenters. The lowest BCUT2D eigenvalue weighted by Gasteiger charge is -2.04. The van der Waals surface area contributed by atoms with Crippen molar-refractivity contribution in [1.82, 2.24) is 15.5 Å². The Hall–Kier alpha value is -1.99. The van der Waals surface area contributed by atoms with E-state index in [0.717, 1.165) is 9.35 Å². The summed E-state index contributed by atoms with van der Waals surface area (Å²) in [4.78, 5) is 17.2. The minimum Gasteiger partial charge on any atom is -0.345 e. The van der Waals surface area contributed by atoms with Crippen LogP contribution in [0.25, 0.3) is 10.8 Å². The molecule has 0 fully saturated rings. The van der Waals surface area contributed by atoms with Crippen molar-refractivity contribution in [3.05, 3.63) is 57.6 Å². The maximum absolute atomic E-state index is 12.0. The van der Waals surface area contributed by atoms with Gasteiger partial charge in [0.2, 0.25) is 0 Å². The first-order chi connectivity index (χ1) is 10.2. The number of nitrogens with one attached hydrogen (secondary N) is 1. The molecule has 0 bridgehead atoms. The van der Waals surface area contributed by atoms with Crippen molar-refractivity contribution in [2.24, 2.45) is 0 Å². The van der Waals surface area contributed by atoms with Gasteiger partial charge in [-0.15, -0.1) is 11.3 Å². The molecule has 1 aromatic carbocycles. The van der Waals surface area contributed by atoms with Gasteiger partial charge in [0.25, 0.3) is 11.8 Å². The summed E-state index contributed by atoms with van der Waals surface area (Å²) in [7, 11) is 0.